The minimum absolute atomic E-state index is 0.164. The Labute approximate surface area is 131 Å². The summed E-state index contributed by atoms with van der Waals surface area (Å²) in [5, 5.41) is 8.52. The van der Waals surface area contributed by atoms with Gasteiger partial charge in [-0.15, -0.1) is 11.3 Å². The Hall–Kier alpha value is -0.910. The molecule has 0 atom stereocenters. The average molecular weight is 309 g/mol. The van der Waals surface area contributed by atoms with E-state index in [0.717, 1.165) is 45.1 Å². The zero-order chi connectivity index (χ0) is 14.9. The van der Waals surface area contributed by atoms with Crippen LogP contribution in [0.1, 0.15) is 24.6 Å². The van der Waals surface area contributed by atoms with E-state index in [2.05, 4.69) is 40.0 Å². The summed E-state index contributed by atoms with van der Waals surface area (Å²) in [6.45, 7) is 7.72. The second-order valence-corrected chi connectivity index (χ2v) is 6.74. The van der Waals surface area contributed by atoms with Crippen molar-refractivity contribution in [3.05, 3.63) is 22.4 Å². The molecule has 1 aliphatic rings. The molecule has 1 saturated heterocycles. The van der Waals surface area contributed by atoms with Gasteiger partial charge in [-0.3, -0.25) is 9.69 Å². The van der Waals surface area contributed by atoms with Crippen LogP contribution in [0.15, 0.2) is 17.5 Å². The van der Waals surface area contributed by atoms with Gasteiger partial charge >= 0.3 is 0 Å². The molecule has 1 aromatic heterocycles. The van der Waals surface area contributed by atoms with Crippen LogP contribution < -0.4 is 10.6 Å². The molecule has 0 spiro atoms. The van der Waals surface area contributed by atoms with E-state index in [4.69, 9.17) is 0 Å². The first-order valence-corrected chi connectivity index (χ1v) is 8.88. The molecule has 1 aliphatic heterocycles. The van der Waals surface area contributed by atoms with Crippen LogP contribution in [0.5, 0.6) is 0 Å². The summed E-state index contributed by atoms with van der Waals surface area (Å²) in [5.74, 6) is 0.944. The summed E-state index contributed by atoms with van der Waals surface area (Å²) >= 11 is 1.75. The predicted octanol–water partition coefficient (Wildman–Crippen LogP) is 1.73. The van der Waals surface area contributed by atoms with Crippen LogP contribution in [0.4, 0.5) is 0 Å². The maximum atomic E-state index is 11.9. The van der Waals surface area contributed by atoms with Crippen LogP contribution in [0.25, 0.3) is 0 Å². The van der Waals surface area contributed by atoms with Crippen LogP contribution in [0.3, 0.4) is 0 Å². The minimum Gasteiger partial charge on any atom is -0.355 e. The molecule has 0 bridgehead atoms. The molecule has 1 aromatic rings. The Morgan fingerprint density at radius 1 is 1.43 bits per heavy atom. The van der Waals surface area contributed by atoms with Gasteiger partial charge in [-0.05, 0) is 62.8 Å². The average Bonchev–Trinajstić information content (AvgIpc) is 3.00. The second kappa shape index (κ2) is 9.18. The smallest absolute Gasteiger partial charge is 0.234 e. The Kier molecular flexibility index (Phi) is 7.19. The first kappa shape index (κ1) is 16.5. The number of amides is 1. The summed E-state index contributed by atoms with van der Waals surface area (Å²) in [7, 11) is 0. The highest BCUT2D eigenvalue weighted by Gasteiger charge is 2.20. The monoisotopic (exact) mass is 309 g/mol. The van der Waals surface area contributed by atoms with E-state index in [9.17, 15) is 4.79 Å². The fraction of sp³-hybridized carbons (Fsp3) is 0.688. The number of nitrogens with zero attached hydrogens (tertiary/aromatic N) is 1. The van der Waals surface area contributed by atoms with Gasteiger partial charge in [0, 0.05) is 11.4 Å². The molecular weight excluding hydrogens is 282 g/mol. The normalized spacial score (nSPS) is 17.0. The predicted molar refractivity (Wildman–Crippen MR) is 88.7 cm³/mol. The topological polar surface area (TPSA) is 44.4 Å². The van der Waals surface area contributed by atoms with E-state index >= 15 is 0 Å². The van der Waals surface area contributed by atoms with Crippen molar-refractivity contribution in [1.82, 2.24) is 15.5 Å². The molecule has 2 N–H and O–H groups in total. The quantitative estimate of drug-likeness (QED) is 0.769. The van der Waals surface area contributed by atoms with Gasteiger partial charge in [0.05, 0.1) is 6.54 Å². The molecule has 0 aliphatic carbocycles. The van der Waals surface area contributed by atoms with Crippen LogP contribution in [-0.4, -0.2) is 50.1 Å². The van der Waals surface area contributed by atoms with Gasteiger partial charge in [0.2, 0.25) is 5.91 Å². The van der Waals surface area contributed by atoms with Gasteiger partial charge in [0.1, 0.15) is 0 Å². The maximum Gasteiger partial charge on any atom is 0.234 e. The van der Waals surface area contributed by atoms with E-state index in [0.29, 0.717) is 6.54 Å². The lowest BCUT2D eigenvalue weighted by molar-refractivity contribution is -0.122. The zero-order valence-electron chi connectivity index (χ0n) is 12.9. The summed E-state index contributed by atoms with van der Waals surface area (Å²) < 4.78 is 0. The van der Waals surface area contributed by atoms with Crippen LogP contribution in [-0.2, 0) is 11.2 Å². The van der Waals surface area contributed by atoms with E-state index < -0.39 is 0 Å². The van der Waals surface area contributed by atoms with Crippen LogP contribution in [0, 0.1) is 5.92 Å². The fourth-order valence-corrected chi connectivity index (χ4v) is 3.45. The number of rotatable bonds is 8. The first-order valence-electron chi connectivity index (χ1n) is 8.00. The summed E-state index contributed by atoms with van der Waals surface area (Å²) in [6, 6.07) is 4.17. The van der Waals surface area contributed by atoms with Crippen molar-refractivity contribution in [3.63, 3.8) is 0 Å². The molecule has 4 nitrogen and oxygen atoms in total. The third kappa shape index (κ3) is 6.16. The molecule has 0 aromatic carbocycles. The second-order valence-electron chi connectivity index (χ2n) is 5.71. The Morgan fingerprint density at radius 3 is 2.90 bits per heavy atom. The highest BCUT2D eigenvalue weighted by atomic mass is 32.1. The molecule has 2 rings (SSSR count). The lowest BCUT2D eigenvalue weighted by Gasteiger charge is -2.31. The van der Waals surface area contributed by atoms with Gasteiger partial charge in [0.25, 0.3) is 0 Å². The van der Waals surface area contributed by atoms with Crippen molar-refractivity contribution >= 4 is 17.2 Å². The zero-order valence-corrected chi connectivity index (χ0v) is 13.8. The van der Waals surface area contributed by atoms with Crippen molar-refractivity contribution in [1.29, 1.82) is 0 Å². The molecule has 1 fully saturated rings. The minimum atomic E-state index is 0.164. The van der Waals surface area contributed by atoms with Gasteiger partial charge in [-0.25, -0.2) is 0 Å². The number of carbonyl (C=O) groups excluding carboxylic acids is 1. The highest BCUT2D eigenvalue weighted by molar-refractivity contribution is 7.09. The lowest BCUT2D eigenvalue weighted by atomic mass is 9.97. The molecule has 118 valence electrons. The molecule has 2 heterocycles. The van der Waals surface area contributed by atoms with E-state index in [1.54, 1.807) is 11.3 Å². The standard InChI is InChI=1S/C16H27N3OS/c1-2-17-12-14-6-9-19(10-7-14)13-16(20)18-8-5-15-4-3-11-21-15/h3-4,11,14,17H,2,5-10,12-13H2,1H3,(H,18,20). The van der Waals surface area contributed by atoms with Gasteiger partial charge in [-0.1, -0.05) is 13.0 Å². The van der Waals surface area contributed by atoms with Gasteiger partial charge in [0.15, 0.2) is 0 Å². The number of hydrogen-bond donors (Lipinski definition) is 2. The summed E-state index contributed by atoms with van der Waals surface area (Å²) in [5.41, 5.74) is 0. The molecule has 0 saturated carbocycles. The van der Waals surface area contributed by atoms with Crippen molar-refractivity contribution < 1.29 is 4.79 Å². The summed E-state index contributed by atoms with van der Waals surface area (Å²) in [4.78, 5) is 15.5. The number of thiophene rings is 1. The van der Waals surface area contributed by atoms with Crippen molar-refractivity contribution in [2.24, 2.45) is 5.92 Å². The molecule has 1 amide bonds. The van der Waals surface area contributed by atoms with E-state index in [1.165, 1.54) is 17.7 Å². The molecule has 5 heteroatoms. The van der Waals surface area contributed by atoms with Crippen molar-refractivity contribution in [3.8, 4) is 0 Å². The molecular formula is C16H27N3OS. The molecule has 21 heavy (non-hydrogen) atoms. The SMILES string of the molecule is CCNCC1CCN(CC(=O)NCCc2cccs2)CC1. The largest absolute Gasteiger partial charge is 0.355 e. The summed E-state index contributed by atoms with van der Waals surface area (Å²) in [6.07, 6.45) is 3.35. The van der Waals surface area contributed by atoms with Crippen molar-refractivity contribution in [2.75, 3.05) is 39.3 Å². The van der Waals surface area contributed by atoms with E-state index in [1.807, 2.05) is 0 Å². The third-order valence-electron chi connectivity index (χ3n) is 4.03. The Morgan fingerprint density at radius 2 is 2.24 bits per heavy atom. The van der Waals surface area contributed by atoms with Crippen LogP contribution in [0.2, 0.25) is 0 Å². The van der Waals surface area contributed by atoms with E-state index in [-0.39, 0.29) is 5.91 Å². The fourth-order valence-electron chi connectivity index (χ4n) is 2.74. The maximum absolute atomic E-state index is 11.9. The Balaban J connectivity index is 1.56. The van der Waals surface area contributed by atoms with Gasteiger partial charge < -0.3 is 10.6 Å². The van der Waals surface area contributed by atoms with Crippen molar-refractivity contribution in [2.45, 2.75) is 26.2 Å². The number of hydrogen-bond acceptors (Lipinski definition) is 4. The highest BCUT2D eigenvalue weighted by Crippen LogP contribution is 2.15. The number of likely N-dealkylation sites (tertiary alicyclic amines) is 1. The molecule has 0 radical (unpaired) electrons. The number of piperidine rings is 1. The van der Waals surface area contributed by atoms with Gasteiger partial charge in [-0.2, -0.15) is 0 Å². The molecule has 0 unspecified atom stereocenters. The first-order chi connectivity index (χ1) is 10.3. The third-order valence-corrected chi connectivity index (χ3v) is 4.97. The van der Waals surface area contributed by atoms with Crippen LogP contribution >= 0.6 is 11.3 Å². The Bertz CT molecular complexity index is 400. The lowest BCUT2D eigenvalue weighted by Crippen LogP contribution is -2.43. The number of nitrogens with one attached hydrogen (secondary N) is 2. The number of carbonyl (C=O) groups is 1.